The summed E-state index contributed by atoms with van der Waals surface area (Å²) in [7, 11) is 1.63. The minimum Gasteiger partial charge on any atom is -0.493 e. The molecule has 158 valence electrons. The van der Waals surface area contributed by atoms with Crippen LogP contribution in [0.2, 0.25) is 5.02 Å². The molecule has 0 aliphatic heterocycles. The van der Waals surface area contributed by atoms with Crippen LogP contribution >= 0.6 is 22.9 Å². The number of hydrogen-bond acceptors (Lipinski definition) is 5. The lowest BCUT2D eigenvalue weighted by Crippen LogP contribution is -2.06. The molecule has 0 fully saturated rings. The number of aromatic nitrogens is 1. The third kappa shape index (κ3) is 4.05. The van der Waals surface area contributed by atoms with E-state index < -0.39 is 0 Å². The Labute approximate surface area is 194 Å². The number of benzene rings is 3. The summed E-state index contributed by atoms with van der Waals surface area (Å²) in [5, 5.41) is 4.41. The van der Waals surface area contributed by atoms with E-state index in [1.54, 1.807) is 24.5 Å². The maximum Gasteiger partial charge on any atom is 0.230 e. The first-order valence-corrected chi connectivity index (χ1v) is 11.3. The summed E-state index contributed by atoms with van der Waals surface area (Å²) in [4.78, 5) is 9.65. The number of fused-ring (bicyclic) bond motifs is 1. The van der Waals surface area contributed by atoms with Gasteiger partial charge in [-0.15, -0.1) is 11.3 Å². The Morgan fingerprint density at radius 1 is 1.00 bits per heavy atom. The molecular weight excluding hydrogens is 440 g/mol. The van der Waals surface area contributed by atoms with Gasteiger partial charge in [-0.3, -0.25) is 0 Å². The second kappa shape index (κ2) is 8.61. The van der Waals surface area contributed by atoms with Gasteiger partial charge in [-0.2, -0.15) is 0 Å². The topological polar surface area (TPSA) is 47.6 Å². The van der Waals surface area contributed by atoms with Gasteiger partial charge in [0.05, 0.1) is 24.1 Å². The number of para-hydroxylation sites is 1. The average Bonchev–Trinajstić information content (AvgIpc) is 3.29. The Morgan fingerprint density at radius 3 is 2.59 bits per heavy atom. The van der Waals surface area contributed by atoms with Crippen molar-refractivity contribution >= 4 is 39.6 Å². The summed E-state index contributed by atoms with van der Waals surface area (Å²) in [6.07, 6.45) is 0. The third-order valence-corrected chi connectivity index (χ3v) is 6.19. The molecule has 2 aromatic heterocycles. The molecule has 0 saturated heterocycles. The first-order valence-electron chi connectivity index (χ1n) is 10.0. The number of thiazole rings is 1. The molecule has 5 rings (SSSR count). The minimum absolute atomic E-state index is 0.453. The Kier molecular flexibility index (Phi) is 5.52. The molecule has 0 unspecified atom stereocenters. The molecule has 0 saturated carbocycles. The molecule has 0 atom stereocenters. The van der Waals surface area contributed by atoms with E-state index in [2.05, 4.69) is 36.6 Å². The van der Waals surface area contributed by atoms with E-state index in [4.69, 9.17) is 30.7 Å². The monoisotopic (exact) mass is 458 g/mol. The molecule has 5 aromatic rings. The molecule has 0 bridgehead atoms. The van der Waals surface area contributed by atoms with Gasteiger partial charge in [0.1, 0.15) is 5.01 Å². The molecule has 0 aliphatic rings. The lowest BCUT2D eigenvalue weighted by molar-refractivity contribution is 0.406. The molecule has 3 aromatic carbocycles. The highest BCUT2D eigenvalue weighted by molar-refractivity contribution is 7.13. The standard InChI is InChI=1S/C26H19ClN2O2S/c1-16-9-11-17(12-10-16)22-15-32-26(29-22)21-13-18-5-3-8-23(30-2)24(18)31-25(21)28-20-7-4-6-19(27)14-20/h3-15H,1-2H3. The van der Waals surface area contributed by atoms with Gasteiger partial charge in [-0.1, -0.05) is 59.6 Å². The van der Waals surface area contributed by atoms with Crippen LogP contribution in [-0.2, 0) is 0 Å². The van der Waals surface area contributed by atoms with Crippen molar-refractivity contribution in [2.24, 2.45) is 4.99 Å². The Hall–Kier alpha value is -3.41. The van der Waals surface area contributed by atoms with E-state index in [-0.39, 0.29) is 0 Å². The minimum atomic E-state index is 0.453. The van der Waals surface area contributed by atoms with E-state index in [9.17, 15) is 0 Å². The highest BCUT2D eigenvalue weighted by Gasteiger charge is 2.14. The van der Waals surface area contributed by atoms with Gasteiger partial charge in [0.25, 0.3) is 0 Å². The van der Waals surface area contributed by atoms with Crippen LogP contribution in [0.3, 0.4) is 0 Å². The van der Waals surface area contributed by atoms with E-state index >= 15 is 0 Å². The van der Waals surface area contributed by atoms with Crippen LogP contribution in [0.15, 0.2) is 87.6 Å². The van der Waals surface area contributed by atoms with Crippen LogP contribution in [0.25, 0.3) is 32.8 Å². The molecule has 0 amide bonds. The number of nitrogens with zero attached hydrogens (tertiary/aromatic N) is 2. The molecule has 4 nitrogen and oxygen atoms in total. The third-order valence-electron chi connectivity index (χ3n) is 5.08. The van der Waals surface area contributed by atoms with Crippen molar-refractivity contribution < 1.29 is 9.15 Å². The summed E-state index contributed by atoms with van der Waals surface area (Å²) in [6, 6.07) is 23.6. The molecule has 32 heavy (non-hydrogen) atoms. The molecular formula is C26H19ClN2O2S. The van der Waals surface area contributed by atoms with Crippen LogP contribution < -0.4 is 10.3 Å². The average molecular weight is 459 g/mol. The quantitative estimate of drug-likeness (QED) is 0.281. The van der Waals surface area contributed by atoms with Gasteiger partial charge in [0, 0.05) is 21.4 Å². The second-order valence-corrected chi connectivity index (χ2v) is 8.63. The van der Waals surface area contributed by atoms with Crippen LogP contribution in [0.1, 0.15) is 5.56 Å². The smallest absolute Gasteiger partial charge is 0.230 e. The maximum absolute atomic E-state index is 6.28. The van der Waals surface area contributed by atoms with E-state index in [0.29, 0.717) is 27.6 Å². The highest BCUT2D eigenvalue weighted by atomic mass is 35.5. The van der Waals surface area contributed by atoms with E-state index in [1.807, 2.05) is 42.5 Å². The van der Waals surface area contributed by atoms with Gasteiger partial charge in [0.15, 0.2) is 11.3 Å². The van der Waals surface area contributed by atoms with Crippen molar-refractivity contribution in [2.45, 2.75) is 6.92 Å². The first kappa shape index (κ1) is 20.5. The van der Waals surface area contributed by atoms with Gasteiger partial charge >= 0.3 is 0 Å². The van der Waals surface area contributed by atoms with Gasteiger partial charge in [-0.05, 0) is 37.3 Å². The molecule has 0 aliphatic carbocycles. The van der Waals surface area contributed by atoms with Gasteiger partial charge in [0.2, 0.25) is 5.55 Å². The van der Waals surface area contributed by atoms with Gasteiger partial charge in [-0.25, -0.2) is 9.98 Å². The fourth-order valence-corrected chi connectivity index (χ4v) is 4.46. The molecule has 0 spiro atoms. The number of ether oxygens (including phenoxy) is 1. The number of rotatable bonds is 4. The predicted octanol–water partition coefficient (Wildman–Crippen LogP) is 7.43. The van der Waals surface area contributed by atoms with Crippen LogP contribution in [0, 0.1) is 6.92 Å². The predicted molar refractivity (Wildman–Crippen MR) is 131 cm³/mol. The van der Waals surface area contributed by atoms with E-state index in [0.717, 1.165) is 27.2 Å². The van der Waals surface area contributed by atoms with E-state index in [1.165, 1.54) is 5.56 Å². The van der Waals surface area contributed by atoms with Crippen LogP contribution in [0.5, 0.6) is 5.75 Å². The van der Waals surface area contributed by atoms with Crippen molar-refractivity contribution in [1.29, 1.82) is 0 Å². The zero-order valence-electron chi connectivity index (χ0n) is 17.5. The molecule has 0 radical (unpaired) electrons. The van der Waals surface area contributed by atoms with Crippen molar-refractivity contribution in [1.82, 2.24) is 4.98 Å². The largest absolute Gasteiger partial charge is 0.493 e. The highest BCUT2D eigenvalue weighted by Crippen LogP contribution is 2.32. The SMILES string of the molecule is COc1cccc2cc(-c3nc(-c4ccc(C)cc4)cs3)c(=Nc3cccc(Cl)c3)oc12. The Morgan fingerprint density at radius 2 is 1.81 bits per heavy atom. The summed E-state index contributed by atoms with van der Waals surface area (Å²) in [6.45, 7) is 2.07. The lowest BCUT2D eigenvalue weighted by atomic mass is 10.1. The first-order chi connectivity index (χ1) is 15.6. The van der Waals surface area contributed by atoms with Crippen LogP contribution in [-0.4, -0.2) is 12.1 Å². The number of methoxy groups -OCH3 is 1. The Bertz CT molecular complexity index is 1490. The summed E-state index contributed by atoms with van der Waals surface area (Å²) < 4.78 is 11.8. The van der Waals surface area contributed by atoms with Crippen molar-refractivity contribution in [3.05, 3.63) is 94.3 Å². The number of hydrogen-bond donors (Lipinski definition) is 0. The molecule has 2 heterocycles. The Balaban J connectivity index is 1.72. The molecule has 6 heteroatoms. The fraction of sp³-hybridized carbons (Fsp3) is 0.0769. The van der Waals surface area contributed by atoms with Crippen molar-refractivity contribution in [3.8, 4) is 27.6 Å². The molecule has 0 N–H and O–H groups in total. The summed E-state index contributed by atoms with van der Waals surface area (Å²) in [5.41, 5.74) is 5.81. The maximum atomic E-state index is 6.28. The second-order valence-electron chi connectivity index (χ2n) is 7.34. The zero-order chi connectivity index (χ0) is 22.1. The number of halogens is 1. The zero-order valence-corrected chi connectivity index (χ0v) is 19.1. The fourth-order valence-electron chi connectivity index (χ4n) is 3.44. The van der Waals surface area contributed by atoms with Gasteiger partial charge < -0.3 is 9.15 Å². The summed E-state index contributed by atoms with van der Waals surface area (Å²) >= 11 is 7.73. The van der Waals surface area contributed by atoms with Crippen molar-refractivity contribution in [3.63, 3.8) is 0 Å². The number of aryl methyl sites for hydroxylation is 1. The van der Waals surface area contributed by atoms with Crippen LogP contribution in [0.4, 0.5) is 5.69 Å². The lowest BCUT2D eigenvalue weighted by Gasteiger charge is -2.06. The summed E-state index contributed by atoms with van der Waals surface area (Å²) in [5.74, 6) is 0.649. The van der Waals surface area contributed by atoms with Crippen molar-refractivity contribution in [2.75, 3.05) is 7.11 Å². The normalized spacial score (nSPS) is 11.8.